The standard InChI is InChI=1S/C30H31ClN8O2/c1-4-38-21-9-10-22(38)16-37(15-21)20-7-5-19(6-8-20)34-30-32-14-18-11-25(29-36-33-17-39(29)28(18)35-30)24-12-23(40-2)13-26(41-3)27(24)31/h5-8,11-14,17,21-22H,4,9-10,15-16H2,1-3H3,(H,32,34,35). The molecule has 1 N–H and O–H groups in total. The van der Waals surface area contributed by atoms with Gasteiger partial charge in [-0.15, -0.1) is 10.2 Å². The van der Waals surface area contributed by atoms with E-state index in [1.54, 1.807) is 32.8 Å². The summed E-state index contributed by atoms with van der Waals surface area (Å²) in [4.78, 5) is 14.6. The predicted octanol–water partition coefficient (Wildman–Crippen LogP) is 5.43. The predicted molar refractivity (Wildman–Crippen MR) is 161 cm³/mol. The highest BCUT2D eigenvalue weighted by Crippen LogP contribution is 2.41. The molecule has 2 atom stereocenters. The van der Waals surface area contributed by atoms with Crippen molar-refractivity contribution < 1.29 is 9.47 Å². The monoisotopic (exact) mass is 570 g/mol. The molecule has 0 amide bonds. The zero-order valence-corrected chi connectivity index (χ0v) is 24.0. The number of hydrogen-bond acceptors (Lipinski definition) is 9. The molecule has 11 heteroatoms. The quantitative estimate of drug-likeness (QED) is 0.275. The summed E-state index contributed by atoms with van der Waals surface area (Å²) in [6.45, 7) is 5.60. The van der Waals surface area contributed by atoms with Gasteiger partial charge in [-0.3, -0.25) is 9.30 Å². The Hall–Kier alpha value is -4.15. The number of nitrogens with zero attached hydrogens (tertiary/aromatic N) is 7. The molecule has 41 heavy (non-hydrogen) atoms. The molecule has 0 spiro atoms. The smallest absolute Gasteiger partial charge is 0.229 e. The number of rotatable bonds is 7. The Balaban J connectivity index is 1.18. The highest BCUT2D eigenvalue weighted by Gasteiger charge is 2.38. The Morgan fingerprint density at radius 3 is 2.46 bits per heavy atom. The molecule has 0 saturated carbocycles. The van der Waals surface area contributed by atoms with E-state index in [0.29, 0.717) is 51.4 Å². The fourth-order valence-electron chi connectivity index (χ4n) is 6.37. The third-order valence-corrected chi connectivity index (χ3v) is 8.75. The van der Waals surface area contributed by atoms with Crippen molar-refractivity contribution in [1.29, 1.82) is 0 Å². The van der Waals surface area contributed by atoms with Crippen molar-refractivity contribution in [3.63, 3.8) is 0 Å². The van der Waals surface area contributed by atoms with E-state index in [-0.39, 0.29) is 0 Å². The number of aromatic nitrogens is 5. The number of nitrogens with one attached hydrogen (secondary N) is 1. The Bertz CT molecular complexity index is 1730. The van der Waals surface area contributed by atoms with Gasteiger partial charge in [0.15, 0.2) is 11.3 Å². The van der Waals surface area contributed by atoms with Crippen molar-refractivity contribution in [1.82, 2.24) is 29.5 Å². The number of methoxy groups -OCH3 is 2. The summed E-state index contributed by atoms with van der Waals surface area (Å²) in [7, 11) is 3.18. The van der Waals surface area contributed by atoms with Gasteiger partial charge in [0.2, 0.25) is 5.95 Å². The second-order valence-corrected chi connectivity index (χ2v) is 10.9. The Kier molecular flexibility index (Phi) is 6.51. The van der Waals surface area contributed by atoms with Crippen molar-refractivity contribution in [3.05, 3.63) is 60.0 Å². The minimum atomic E-state index is 0.458. The van der Waals surface area contributed by atoms with Crippen molar-refractivity contribution in [2.45, 2.75) is 31.8 Å². The van der Waals surface area contributed by atoms with Crippen molar-refractivity contribution in [2.75, 3.05) is 44.1 Å². The van der Waals surface area contributed by atoms with E-state index in [1.165, 1.54) is 18.5 Å². The molecule has 210 valence electrons. The highest BCUT2D eigenvalue weighted by molar-refractivity contribution is 6.35. The molecule has 2 aliphatic heterocycles. The lowest BCUT2D eigenvalue weighted by molar-refractivity contribution is 0.179. The number of anilines is 3. The van der Waals surface area contributed by atoms with Gasteiger partial charge in [-0.1, -0.05) is 18.5 Å². The van der Waals surface area contributed by atoms with E-state index in [0.717, 1.165) is 36.3 Å². The normalized spacial score (nSPS) is 18.8. The van der Waals surface area contributed by atoms with Crippen LogP contribution in [0.5, 0.6) is 11.5 Å². The lowest BCUT2D eigenvalue weighted by atomic mass is 10.0. The van der Waals surface area contributed by atoms with Crippen molar-refractivity contribution in [3.8, 4) is 22.6 Å². The Labute approximate surface area is 242 Å². The molecule has 2 saturated heterocycles. The van der Waals surface area contributed by atoms with Crippen LogP contribution in [0, 0.1) is 0 Å². The number of fused-ring (bicyclic) bond motifs is 5. The van der Waals surface area contributed by atoms with Crippen LogP contribution in [0.1, 0.15) is 19.8 Å². The number of pyridine rings is 1. The zero-order valence-electron chi connectivity index (χ0n) is 23.2. The minimum Gasteiger partial charge on any atom is -0.497 e. The average Bonchev–Trinajstić information content (AvgIpc) is 3.59. The van der Waals surface area contributed by atoms with Gasteiger partial charge in [-0.2, -0.15) is 4.98 Å². The number of halogens is 1. The average molecular weight is 571 g/mol. The second-order valence-electron chi connectivity index (χ2n) is 10.5. The van der Waals surface area contributed by atoms with Crippen LogP contribution < -0.4 is 19.7 Å². The van der Waals surface area contributed by atoms with Crippen LogP contribution in [0.25, 0.3) is 27.8 Å². The first kappa shape index (κ1) is 25.8. The van der Waals surface area contributed by atoms with Gasteiger partial charge in [-0.05, 0) is 55.8 Å². The van der Waals surface area contributed by atoms with Gasteiger partial charge in [0.25, 0.3) is 0 Å². The van der Waals surface area contributed by atoms with Crippen LogP contribution in [-0.2, 0) is 0 Å². The number of hydrogen-bond donors (Lipinski definition) is 1. The first-order valence-electron chi connectivity index (χ1n) is 13.9. The maximum absolute atomic E-state index is 6.71. The van der Waals surface area contributed by atoms with E-state index in [2.05, 4.69) is 61.5 Å². The fourth-order valence-corrected chi connectivity index (χ4v) is 6.65. The van der Waals surface area contributed by atoms with Gasteiger partial charge in [0.1, 0.15) is 17.8 Å². The first-order chi connectivity index (χ1) is 20.1. The lowest BCUT2D eigenvalue weighted by Crippen LogP contribution is -2.53. The van der Waals surface area contributed by atoms with Crippen LogP contribution in [0.4, 0.5) is 17.3 Å². The molecule has 0 aliphatic carbocycles. The Morgan fingerprint density at radius 1 is 0.976 bits per heavy atom. The van der Waals surface area contributed by atoms with Crippen molar-refractivity contribution >= 4 is 45.6 Å². The molecular weight excluding hydrogens is 540 g/mol. The van der Waals surface area contributed by atoms with Gasteiger partial charge in [0, 0.05) is 65.3 Å². The molecule has 2 aromatic carbocycles. The molecule has 5 heterocycles. The fraction of sp³-hybridized carbons (Fsp3) is 0.333. The molecule has 2 aliphatic rings. The zero-order chi connectivity index (χ0) is 28.1. The molecule has 10 nitrogen and oxygen atoms in total. The molecule has 7 rings (SSSR count). The Morgan fingerprint density at radius 2 is 1.76 bits per heavy atom. The molecule has 5 aromatic rings. The van der Waals surface area contributed by atoms with Crippen molar-refractivity contribution in [2.24, 2.45) is 0 Å². The number of ether oxygens (including phenoxy) is 2. The molecule has 2 bridgehead atoms. The third kappa shape index (κ3) is 4.47. The first-order valence-corrected chi connectivity index (χ1v) is 14.2. The van der Waals surface area contributed by atoms with Crippen LogP contribution in [0.3, 0.4) is 0 Å². The molecule has 2 fully saturated rings. The highest BCUT2D eigenvalue weighted by atomic mass is 35.5. The maximum Gasteiger partial charge on any atom is 0.229 e. The molecular formula is C30H31ClN8O2. The lowest BCUT2D eigenvalue weighted by Gasteiger charge is -2.41. The summed E-state index contributed by atoms with van der Waals surface area (Å²) >= 11 is 6.71. The van der Waals surface area contributed by atoms with E-state index < -0.39 is 0 Å². The van der Waals surface area contributed by atoms with Crippen LogP contribution in [0.15, 0.2) is 55.0 Å². The van der Waals surface area contributed by atoms with E-state index >= 15 is 0 Å². The summed E-state index contributed by atoms with van der Waals surface area (Å²) in [6, 6.07) is 15.4. The summed E-state index contributed by atoms with van der Waals surface area (Å²) in [6.07, 6.45) is 6.03. The summed E-state index contributed by atoms with van der Waals surface area (Å²) in [5.41, 5.74) is 4.96. The van der Waals surface area contributed by atoms with E-state index in [9.17, 15) is 0 Å². The SMILES string of the molecule is CCN1C2CCC1CN(c1ccc(Nc3ncc4cc(-c5cc(OC)cc(OC)c5Cl)c5nncn5c4n3)cc1)C2. The van der Waals surface area contributed by atoms with Gasteiger partial charge >= 0.3 is 0 Å². The van der Waals surface area contributed by atoms with Crippen LogP contribution in [-0.4, -0.2) is 75.4 Å². The van der Waals surface area contributed by atoms with E-state index in [1.807, 2.05) is 16.5 Å². The maximum atomic E-state index is 6.71. The molecule has 0 radical (unpaired) electrons. The summed E-state index contributed by atoms with van der Waals surface area (Å²) in [5.74, 6) is 1.62. The van der Waals surface area contributed by atoms with Crippen LogP contribution in [0.2, 0.25) is 5.02 Å². The van der Waals surface area contributed by atoms with Crippen LogP contribution >= 0.6 is 11.6 Å². The number of likely N-dealkylation sites (N-methyl/N-ethyl adjacent to an activating group) is 1. The third-order valence-electron chi connectivity index (χ3n) is 8.36. The minimum absolute atomic E-state index is 0.458. The summed E-state index contributed by atoms with van der Waals surface area (Å²) < 4.78 is 12.8. The van der Waals surface area contributed by atoms with Gasteiger partial charge < -0.3 is 19.7 Å². The molecule has 3 aromatic heterocycles. The number of piperazine rings is 1. The number of benzene rings is 2. The second kappa shape index (κ2) is 10.4. The van der Waals surface area contributed by atoms with Gasteiger partial charge in [0.05, 0.1) is 19.2 Å². The topological polar surface area (TPSA) is 92.9 Å². The molecule has 2 unspecified atom stereocenters. The summed E-state index contributed by atoms with van der Waals surface area (Å²) in [5, 5.41) is 13.2. The largest absolute Gasteiger partial charge is 0.497 e. The van der Waals surface area contributed by atoms with E-state index in [4.69, 9.17) is 26.1 Å². The van der Waals surface area contributed by atoms with Gasteiger partial charge in [-0.25, -0.2) is 4.98 Å².